The Hall–Kier alpha value is -1.23. The molecule has 1 heterocycles. The highest BCUT2D eigenvalue weighted by Crippen LogP contribution is 2.51. The summed E-state index contributed by atoms with van der Waals surface area (Å²) in [4.78, 5) is 34.3. The van der Waals surface area contributed by atoms with Crippen molar-refractivity contribution in [3.05, 3.63) is 30.1 Å². The lowest BCUT2D eigenvalue weighted by atomic mass is 9.82. The molecule has 0 aliphatic rings. The summed E-state index contributed by atoms with van der Waals surface area (Å²) in [5.74, 6) is -0.933. The molecule has 0 fully saturated rings. The van der Waals surface area contributed by atoms with Gasteiger partial charge in [-0.25, -0.2) is 0 Å². The fourth-order valence-corrected chi connectivity index (χ4v) is 3.24. The maximum atomic E-state index is 11.6. The summed E-state index contributed by atoms with van der Waals surface area (Å²) in [6.07, 6.45) is 3.02. The second-order valence-electron chi connectivity index (χ2n) is 4.48. The largest absolute Gasteiger partial charge is 0.468 e. The predicted molar refractivity (Wildman–Crippen MR) is 65.1 cm³/mol. The molecule has 1 atom stereocenters. The Kier molecular flexibility index (Phi) is 4.27. The number of methoxy groups -OCH3 is 1. The predicted octanol–water partition coefficient (Wildman–Crippen LogP) is 1.08. The molecule has 7 heteroatoms. The molecule has 100 valence electrons. The highest BCUT2D eigenvalue weighted by molar-refractivity contribution is 7.53. The van der Waals surface area contributed by atoms with Gasteiger partial charge in [-0.3, -0.25) is 14.3 Å². The summed E-state index contributed by atoms with van der Waals surface area (Å²) in [5, 5.41) is 0. The lowest BCUT2D eigenvalue weighted by Gasteiger charge is -2.32. The minimum Gasteiger partial charge on any atom is -0.468 e. The summed E-state index contributed by atoms with van der Waals surface area (Å²) in [5.41, 5.74) is -2.08. The first-order valence-electron chi connectivity index (χ1n) is 5.25. The van der Waals surface area contributed by atoms with E-state index in [-0.39, 0.29) is 0 Å². The summed E-state index contributed by atoms with van der Waals surface area (Å²) in [6, 6.07) is 3.31. The number of nitrogens with zero attached hydrogens (tertiary/aromatic N) is 1. The van der Waals surface area contributed by atoms with Crippen LogP contribution < -0.4 is 0 Å². The number of carbonyl (C=O) groups is 1. The molecule has 6 nitrogen and oxygen atoms in total. The first-order chi connectivity index (χ1) is 8.21. The number of pyridine rings is 1. The van der Waals surface area contributed by atoms with Gasteiger partial charge in [0.25, 0.3) is 0 Å². The van der Waals surface area contributed by atoms with Crippen LogP contribution in [0, 0.1) is 0 Å². The monoisotopic (exact) mass is 273 g/mol. The molecule has 0 aliphatic carbocycles. The van der Waals surface area contributed by atoms with Crippen LogP contribution in [0.4, 0.5) is 0 Å². The van der Waals surface area contributed by atoms with Gasteiger partial charge in [-0.05, 0) is 11.6 Å². The van der Waals surface area contributed by atoms with Crippen LogP contribution in [0.15, 0.2) is 24.5 Å². The van der Waals surface area contributed by atoms with Crippen molar-refractivity contribution in [2.24, 2.45) is 0 Å². The number of esters is 1. The van der Waals surface area contributed by atoms with Gasteiger partial charge in [0.2, 0.25) is 0 Å². The molecular formula is C11H16NO5P. The van der Waals surface area contributed by atoms with Gasteiger partial charge >= 0.3 is 13.6 Å². The molecule has 0 bridgehead atoms. The van der Waals surface area contributed by atoms with Crippen molar-refractivity contribution < 1.29 is 23.9 Å². The van der Waals surface area contributed by atoms with Crippen LogP contribution >= 0.6 is 7.60 Å². The first kappa shape index (κ1) is 14.8. The number of hydrogen-bond acceptors (Lipinski definition) is 4. The van der Waals surface area contributed by atoms with Crippen LogP contribution in [0.1, 0.15) is 19.4 Å². The van der Waals surface area contributed by atoms with Crippen molar-refractivity contribution in [2.45, 2.75) is 24.9 Å². The average Bonchev–Trinajstić information content (AvgIpc) is 2.28. The van der Waals surface area contributed by atoms with Gasteiger partial charge in [0.15, 0.2) is 5.66 Å². The normalized spacial score (nSPS) is 14.1. The first-order valence-corrected chi connectivity index (χ1v) is 6.93. The van der Waals surface area contributed by atoms with Crippen LogP contribution in [0.5, 0.6) is 0 Å². The third kappa shape index (κ3) is 2.96. The van der Waals surface area contributed by atoms with Gasteiger partial charge in [0, 0.05) is 17.8 Å². The lowest BCUT2D eigenvalue weighted by molar-refractivity contribution is -0.141. The number of hydrogen-bond donors (Lipinski definition) is 2. The Labute approximate surface area is 105 Å². The second-order valence-corrected chi connectivity index (χ2v) is 6.17. The van der Waals surface area contributed by atoms with Gasteiger partial charge in [-0.2, -0.15) is 0 Å². The summed E-state index contributed by atoms with van der Waals surface area (Å²) in [6.45, 7) is 3.15. The molecule has 0 aromatic carbocycles. The molecule has 0 aliphatic heterocycles. The van der Waals surface area contributed by atoms with Crippen LogP contribution in [-0.4, -0.2) is 33.5 Å². The molecule has 0 spiro atoms. The molecule has 0 saturated carbocycles. The quantitative estimate of drug-likeness (QED) is 0.629. The van der Waals surface area contributed by atoms with E-state index in [1.54, 1.807) is 32.2 Å². The summed E-state index contributed by atoms with van der Waals surface area (Å²) < 4.78 is 16.0. The summed E-state index contributed by atoms with van der Waals surface area (Å²) >= 11 is 0. The third-order valence-corrected chi connectivity index (χ3v) is 4.38. The molecule has 1 unspecified atom stereocenters. The highest BCUT2D eigenvalue weighted by atomic mass is 31.2. The van der Waals surface area contributed by atoms with Crippen molar-refractivity contribution in [1.29, 1.82) is 0 Å². The smallest absolute Gasteiger partial charge is 0.340 e. The van der Waals surface area contributed by atoms with Crippen molar-refractivity contribution in [2.75, 3.05) is 7.11 Å². The van der Waals surface area contributed by atoms with E-state index < -0.39 is 24.6 Å². The standard InChI is InChI=1S/C11H16NO5P/c1-11(2,8-5-4-6-12-7-8)9(10(13)17-3)18(14,15)16/h4-7,9H,1-3H3,(H2,14,15,16). The van der Waals surface area contributed by atoms with Crippen molar-refractivity contribution >= 4 is 13.6 Å². The van der Waals surface area contributed by atoms with Crippen molar-refractivity contribution in [3.8, 4) is 0 Å². The van der Waals surface area contributed by atoms with Crippen LogP contribution in [-0.2, 0) is 19.5 Å². The molecule has 1 aromatic heterocycles. The average molecular weight is 273 g/mol. The lowest BCUT2D eigenvalue weighted by Crippen LogP contribution is -2.40. The summed E-state index contributed by atoms with van der Waals surface area (Å²) in [7, 11) is -3.54. The van der Waals surface area contributed by atoms with Gasteiger partial charge in [-0.15, -0.1) is 0 Å². The zero-order valence-electron chi connectivity index (χ0n) is 10.4. The fraction of sp³-hybridized carbons (Fsp3) is 0.455. The Morgan fingerprint density at radius 2 is 2.11 bits per heavy atom. The van der Waals surface area contributed by atoms with E-state index >= 15 is 0 Å². The Bertz CT molecular complexity index is 468. The number of aromatic nitrogens is 1. The highest BCUT2D eigenvalue weighted by Gasteiger charge is 2.49. The van der Waals surface area contributed by atoms with Crippen molar-refractivity contribution in [3.63, 3.8) is 0 Å². The maximum absolute atomic E-state index is 11.6. The number of ether oxygens (including phenoxy) is 1. The third-order valence-electron chi connectivity index (χ3n) is 2.85. The molecule has 0 saturated heterocycles. The van der Waals surface area contributed by atoms with Crippen LogP contribution in [0.25, 0.3) is 0 Å². The Balaban J connectivity index is 3.29. The Morgan fingerprint density at radius 3 is 2.50 bits per heavy atom. The number of carbonyl (C=O) groups excluding carboxylic acids is 1. The molecule has 0 radical (unpaired) electrons. The number of rotatable bonds is 4. The van der Waals surface area contributed by atoms with E-state index in [1.165, 1.54) is 6.20 Å². The second kappa shape index (κ2) is 5.18. The fourth-order valence-electron chi connectivity index (χ4n) is 1.87. The van der Waals surface area contributed by atoms with E-state index in [0.717, 1.165) is 7.11 Å². The topological polar surface area (TPSA) is 96.7 Å². The van der Waals surface area contributed by atoms with E-state index in [9.17, 15) is 19.1 Å². The molecule has 18 heavy (non-hydrogen) atoms. The molecule has 1 rings (SSSR count). The zero-order valence-corrected chi connectivity index (χ0v) is 11.3. The van der Waals surface area contributed by atoms with E-state index in [1.807, 2.05) is 0 Å². The minimum atomic E-state index is -4.64. The SMILES string of the molecule is COC(=O)C(C(C)(C)c1cccnc1)P(=O)(O)O. The maximum Gasteiger partial charge on any atom is 0.340 e. The molecular weight excluding hydrogens is 257 g/mol. The van der Waals surface area contributed by atoms with E-state index in [0.29, 0.717) is 5.56 Å². The minimum absolute atomic E-state index is 0.559. The van der Waals surface area contributed by atoms with Gasteiger partial charge < -0.3 is 14.5 Å². The Morgan fingerprint density at radius 1 is 1.50 bits per heavy atom. The van der Waals surface area contributed by atoms with Gasteiger partial charge in [-0.1, -0.05) is 19.9 Å². The molecule has 0 amide bonds. The van der Waals surface area contributed by atoms with E-state index in [4.69, 9.17) is 0 Å². The van der Waals surface area contributed by atoms with E-state index in [2.05, 4.69) is 9.72 Å². The van der Waals surface area contributed by atoms with Gasteiger partial charge in [0.05, 0.1) is 7.11 Å². The van der Waals surface area contributed by atoms with Crippen LogP contribution in [0.3, 0.4) is 0 Å². The molecule has 1 aromatic rings. The molecule has 2 N–H and O–H groups in total. The van der Waals surface area contributed by atoms with Crippen LogP contribution in [0.2, 0.25) is 0 Å². The van der Waals surface area contributed by atoms with Crippen molar-refractivity contribution in [1.82, 2.24) is 4.98 Å². The zero-order chi connectivity index (χ0) is 14.0. The van der Waals surface area contributed by atoms with Gasteiger partial charge in [0.1, 0.15) is 0 Å².